The van der Waals surface area contributed by atoms with Crippen LogP contribution in [0.25, 0.3) is 0 Å². The Morgan fingerprint density at radius 2 is 1.54 bits per heavy atom. The first-order chi connectivity index (χ1) is 12.5. The Hall–Kier alpha value is -2.86. The van der Waals surface area contributed by atoms with Crippen molar-refractivity contribution in [1.29, 1.82) is 0 Å². The normalized spacial score (nSPS) is 11.1. The molecule has 0 saturated carbocycles. The van der Waals surface area contributed by atoms with E-state index in [0.29, 0.717) is 12.2 Å². The lowest BCUT2D eigenvalue weighted by Gasteiger charge is -2.19. The third kappa shape index (κ3) is 4.83. The van der Waals surface area contributed by atoms with Gasteiger partial charge >= 0.3 is 0 Å². The summed E-state index contributed by atoms with van der Waals surface area (Å²) in [7, 11) is -1.50. The lowest BCUT2D eigenvalue weighted by Crippen LogP contribution is -2.19. The zero-order valence-corrected chi connectivity index (χ0v) is 15.4. The summed E-state index contributed by atoms with van der Waals surface area (Å²) in [5.74, 6) is 0.341. The summed E-state index contributed by atoms with van der Waals surface area (Å²) in [6, 6.07) is 23.0. The number of hydrogen-bond donors (Lipinski definition) is 1. The summed E-state index contributed by atoms with van der Waals surface area (Å²) in [6.45, 7) is 0. The molecule has 1 aromatic heterocycles. The zero-order valence-electron chi connectivity index (χ0n) is 14.5. The minimum absolute atomic E-state index is 0.0182. The average Bonchev–Trinajstić information content (AvgIpc) is 2.68. The quantitative estimate of drug-likeness (QED) is 0.689. The topological polar surface area (TPSA) is 62.3 Å². The highest BCUT2D eigenvalue weighted by Gasteiger charge is 2.12. The Labute approximate surface area is 154 Å². The first-order valence-electron chi connectivity index (χ1n) is 8.33. The van der Waals surface area contributed by atoms with Crippen molar-refractivity contribution in [1.82, 2.24) is 4.98 Å². The van der Waals surface area contributed by atoms with Crippen molar-refractivity contribution < 1.29 is 8.42 Å². The number of para-hydroxylation sites is 1. The number of hydrogen-bond acceptors (Lipinski definition) is 4. The molecule has 0 spiro atoms. The molecule has 0 saturated heterocycles. The van der Waals surface area contributed by atoms with Gasteiger partial charge in [-0.3, -0.25) is 4.72 Å². The van der Waals surface area contributed by atoms with E-state index in [2.05, 4.69) is 9.71 Å². The lowest BCUT2D eigenvalue weighted by atomic mass is 10.2. The van der Waals surface area contributed by atoms with Crippen LogP contribution in [0.5, 0.6) is 0 Å². The Balaban J connectivity index is 1.63. The molecule has 2 aromatic carbocycles. The summed E-state index contributed by atoms with van der Waals surface area (Å²) in [6.07, 6.45) is 2.12. The molecule has 0 aliphatic carbocycles. The number of rotatable bonds is 7. The number of anilines is 3. The third-order valence-corrected chi connectivity index (χ3v) is 5.30. The van der Waals surface area contributed by atoms with E-state index in [-0.39, 0.29) is 5.75 Å². The fraction of sp³-hybridized carbons (Fsp3) is 0.150. The Bertz CT molecular complexity index is 928. The SMILES string of the molecule is CN(c1ccccc1)c1ccc(NS(=O)(=O)CCc2ccccc2)nc1. The summed E-state index contributed by atoms with van der Waals surface area (Å²) in [5, 5.41) is 0. The Kier molecular flexibility index (Phi) is 5.53. The number of pyridine rings is 1. The van der Waals surface area contributed by atoms with Crippen LogP contribution in [0.3, 0.4) is 0 Å². The smallest absolute Gasteiger partial charge is 0.234 e. The van der Waals surface area contributed by atoms with E-state index in [0.717, 1.165) is 16.9 Å². The molecule has 3 rings (SSSR count). The van der Waals surface area contributed by atoms with Crippen molar-refractivity contribution in [2.45, 2.75) is 6.42 Å². The van der Waals surface area contributed by atoms with Crippen LogP contribution in [0.4, 0.5) is 17.2 Å². The fourth-order valence-electron chi connectivity index (χ4n) is 2.55. The van der Waals surface area contributed by atoms with E-state index < -0.39 is 10.0 Å². The molecule has 0 fully saturated rings. The monoisotopic (exact) mass is 367 g/mol. The molecule has 0 atom stereocenters. The molecule has 3 aromatic rings. The first kappa shape index (κ1) is 17.9. The second kappa shape index (κ2) is 8.01. The van der Waals surface area contributed by atoms with Gasteiger partial charge in [0.2, 0.25) is 10.0 Å². The number of aryl methyl sites for hydroxylation is 1. The van der Waals surface area contributed by atoms with Crippen molar-refractivity contribution in [3.63, 3.8) is 0 Å². The van der Waals surface area contributed by atoms with Gasteiger partial charge in [-0.1, -0.05) is 48.5 Å². The summed E-state index contributed by atoms with van der Waals surface area (Å²) in [5.41, 5.74) is 2.90. The third-order valence-electron chi connectivity index (χ3n) is 4.04. The lowest BCUT2D eigenvalue weighted by molar-refractivity contribution is 0.600. The van der Waals surface area contributed by atoms with E-state index in [4.69, 9.17) is 0 Å². The maximum absolute atomic E-state index is 12.3. The van der Waals surface area contributed by atoms with Gasteiger partial charge in [0, 0.05) is 12.7 Å². The van der Waals surface area contributed by atoms with E-state index in [1.807, 2.05) is 78.7 Å². The Morgan fingerprint density at radius 1 is 0.885 bits per heavy atom. The van der Waals surface area contributed by atoms with Gasteiger partial charge in [0.15, 0.2) is 0 Å². The maximum atomic E-state index is 12.3. The van der Waals surface area contributed by atoms with Crippen molar-refractivity contribution in [3.8, 4) is 0 Å². The van der Waals surface area contributed by atoms with Gasteiger partial charge in [-0.05, 0) is 36.2 Å². The number of nitrogens with zero attached hydrogens (tertiary/aromatic N) is 2. The van der Waals surface area contributed by atoms with Gasteiger partial charge in [0.05, 0.1) is 17.6 Å². The van der Waals surface area contributed by atoms with Gasteiger partial charge in [0.1, 0.15) is 5.82 Å². The minimum atomic E-state index is -3.44. The van der Waals surface area contributed by atoms with Crippen LogP contribution in [0.15, 0.2) is 79.0 Å². The van der Waals surface area contributed by atoms with Crippen molar-refractivity contribution >= 4 is 27.2 Å². The minimum Gasteiger partial charge on any atom is -0.343 e. The van der Waals surface area contributed by atoms with Crippen molar-refractivity contribution in [2.24, 2.45) is 0 Å². The average molecular weight is 367 g/mol. The second-order valence-corrected chi connectivity index (χ2v) is 7.79. The highest BCUT2D eigenvalue weighted by Crippen LogP contribution is 2.23. The van der Waals surface area contributed by atoms with Crippen LogP contribution in [0.1, 0.15) is 5.56 Å². The molecule has 5 nitrogen and oxygen atoms in total. The molecule has 1 heterocycles. The molecule has 1 N–H and O–H groups in total. The molecular formula is C20H21N3O2S. The molecule has 134 valence electrons. The molecular weight excluding hydrogens is 346 g/mol. The standard InChI is InChI=1S/C20H21N3O2S/c1-23(18-10-6-3-7-11-18)19-12-13-20(21-16-19)22-26(24,25)15-14-17-8-4-2-5-9-17/h2-13,16H,14-15H2,1H3,(H,21,22). The second-order valence-electron chi connectivity index (χ2n) is 5.95. The maximum Gasteiger partial charge on any atom is 0.234 e. The summed E-state index contributed by atoms with van der Waals surface area (Å²) >= 11 is 0. The first-order valence-corrected chi connectivity index (χ1v) is 9.98. The van der Waals surface area contributed by atoms with Crippen LogP contribution < -0.4 is 9.62 Å². The van der Waals surface area contributed by atoms with E-state index in [1.54, 1.807) is 12.3 Å². The highest BCUT2D eigenvalue weighted by molar-refractivity contribution is 7.92. The van der Waals surface area contributed by atoms with E-state index in [1.165, 1.54) is 0 Å². The van der Waals surface area contributed by atoms with Gasteiger partial charge in [-0.15, -0.1) is 0 Å². The van der Waals surface area contributed by atoms with Crippen LogP contribution in [0.2, 0.25) is 0 Å². The van der Waals surface area contributed by atoms with Gasteiger partial charge in [-0.25, -0.2) is 13.4 Å². The summed E-state index contributed by atoms with van der Waals surface area (Å²) < 4.78 is 27.0. The fourth-order valence-corrected chi connectivity index (χ4v) is 3.60. The van der Waals surface area contributed by atoms with Gasteiger partial charge in [-0.2, -0.15) is 0 Å². The predicted octanol–water partition coefficient (Wildman–Crippen LogP) is 3.83. The van der Waals surface area contributed by atoms with Crippen molar-refractivity contribution in [2.75, 3.05) is 22.4 Å². The van der Waals surface area contributed by atoms with E-state index >= 15 is 0 Å². The predicted molar refractivity (Wildman–Crippen MR) is 106 cm³/mol. The molecule has 0 aliphatic heterocycles. The van der Waals surface area contributed by atoms with E-state index in [9.17, 15) is 8.42 Å². The molecule has 6 heteroatoms. The Morgan fingerprint density at radius 3 is 2.15 bits per heavy atom. The zero-order chi connectivity index (χ0) is 18.4. The van der Waals surface area contributed by atoms with Crippen LogP contribution in [-0.2, 0) is 16.4 Å². The number of nitrogens with one attached hydrogen (secondary N) is 1. The molecule has 0 amide bonds. The molecule has 0 aliphatic rings. The molecule has 26 heavy (non-hydrogen) atoms. The number of sulfonamides is 1. The highest BCUT2D eigenvalue weighted by atomic mass is 32.2. The molecule has 0 bridgehead atoms. The van der Waals surface area contributed by atoms with Crippen LogP contribution in [0, 0.1) is 0 Å². The molecule has 0 radical (unpaired) electrons. The van der Waals surface area contributed by atoms with Crippen LogP contribution >= 0.6 is 0 Å². The molecule has 0 unspecified atom stereocenters. The van der Waals surface area contributed by atoms with Gasteiger partial charge < -0.3 is 4.90 Å². The number of aromatic nitrogens is 1. The largest absolute Gasteiger partial charge is 0.343 e. The van der Waals surface area contributed by atoms with Gasteiger partial charge in [0.25, 0.3) is 0 Å². The van der Waals surface area contributed by atoms with Crippen molar-refractivity contribution in [3.05, 3.63) is 84.6 Å². The summed E-state index contributed by atoms with van der Waals surface area (Å²) in [4.78, 5) is 6.22. The van der Waals surface area contributed by atoms with Crippen LogP contribution in [-0.4, -0.2) is 26.2 Å². The number of benzene rings is 2.